The lowest BCUT2D eigenvalue weighted by Gasteiger charge is -2.21. The first-order valence-corrected chi connectivity index (χ1v) is 9.01. The summed E-state index contributed by atoms with van der Waals surface area (Å²) in [6.07, 6.45) is 1.70. The van der Waals surface area contributed by atoms with Crippen molar-refractivity contribution in [1.82, 2.24) is 4.31 Å². The van der Waals surface area contributed by atoms with Gasteiger partial charge < -0.3 is 4.74 Å². The summed E-state index contributed by atoms with van der Waals surface area (Å²) >= 11 is 5.98. The second kappa shape index (κ2) is 6.98. The molecule has 126 valence electrons. The Hall–Kier alpha value is -1.44. The average molecular weight is 360 g/mol. The van der Waals surface area contributed by atoms with Gasteiger partial charge in [0.2, 0.25) is 10.0 Å². The van der Waals surface area contributed by atoms with Gasteiger partial charge in [-0.1, -0.05) is 11.6 Å². The number of carbonyl (C=O) groups excluding carboxylic acids is 2. The fourth-order valence-corrected chi connectivity index (χ4v) is 3.42. The van der Waals surface area contributed by atoms with Crippen molar-refractivity contribution in [1.29, 1.82) is 0 Å². The molecule has 0 saturated heterocycles. The molecule has 1 atom stereocenters. The van der Waals surface area contributed by atoms with Crippen molar-refractivity contribution >= 4 is 33.4 Å². The van der Waals surface area contributed by atoms with E-state index in [0.29, 0.717) is 12.8 Å². The van der Waals surface area contributed by atoms with Crippen LogP contribution in [0.25, 0.3) is 0 Å². The van der Waals surface area contributed by atoms with Gasteiger partial charge in [0.25, 0.3) is 0 Å². The fraction of sp³-hybridized carbons (Fsp3) is 0.467. The highest BCUT2D eigenvalue weighted by molar-refractivity contribution is 7.89. The van der Waals surface area contributed by atoms with Crippen molar-refractivity contribution in [2.45, 2.75) is 36.7 Å². The number of rotatable bonds is 4. The van der Waals surface area contributed by atoms with Crippen LogP contribution in [0.1, 0.15) is 36.0 Å². The monoisotopic (exact) mass is 359 g/mol. The molecular formula is C15H18ClNO5S. The van der Waals surface area contributed by atoms with Crippen LogP contribution in [-0.2, 0) is 19.6 Å². The van der Waals surface area contributed by atoms with E-state index in [1.807, 2.05) is 0 Å². The van der Waals surface area contributed by atoms with Gasteiger partial charge in [0.05, 0.1) is 15.5 Å². The number of esters is 1. The second-order valence-corrected chi connectivity index (χ2v) is 8.09. The van der Waals surface area contributed by atoms with Gasteiger partial charge in [0.15, 0.2) is 11.9 Å². The van der Waals surface area contributed by atoms with E-state index in [1.54, 1.807) is 0 Å². The number of ether oxygens (including phenoxy) is 1. The number of benzene rings is 1. The summed E-state index contributed by atoms with van der Waals surface area (Å²) in [7, 11) is -0.911. The number of carbonyl (C=O) groups is 2. The number of sulfonamides is 1. The van der Waals surface area contributed by atoms with Crippen molar-refractivity contribution in [3.63, 3.8) is 0 Å². The normalized spacial score (nSPS) is 19.0. The quantitative estimate of drug-likeness (QED) is 0.770. The molecule has 6 nitrogen and oxygen atoms in total. The highest BCUT2D eigenvalue weighted by atomic mass is 35.5. The standard InChI is InChI=1S/C15H18ClNO5S/c1-17(2)23(20,21)10-7-8-12(16)11(9-10)15(19)22-14-6-4-3-5-13(14)18/h7-9,14H,3-6H2,1-2H3/t14-/m0/s1. The first-order chi connectivity index (χ1) is 10.7. The van der Waals surface area contributed by atoms with Crippen LogP contribution in [0.5, 0.6) is 0 Å². The van der Waals surface area contributed by atoms with Gasteiger partial charge in [-0.2, -0.15) is 0 Å². The zero-order valence-corrected chi connectivity index (χ0v) is 14.5. The Morgan fingerprint density at radius 3 is 2.61 bits per heavy atom. The molecule has 0 N–H and O–H groups in total. The lowest BCUT2D eigenvalue weighted by Crippen LogP contribution is -2.30. The first kappa shape index (κ1) is 17.9. The molecule has 0 aliphatic heterocycles. The van der Waals surface area contributed by atoms with E-state index in [9.17, 15) is 18.0 Å². The van der Waals surface area contributed by atoms with Gasteiger partial charge in [-0.05, 0) is 37.5 Å². The lowest BCUT2D eigenvalue weighted by atomic mass is 9.96. The maximum absolute atomic E-state index is 12.3. The molecule has 0 unspecified atom stereocenters. The van der Waals surface area contributed by atoms with Crippen LogP contribution in [0, 0.1) is 0 Å². The molecule has 1 aliphatic rings. The van der Waals surface area contributed by atoms with Gasteiger partial charge in [0, 0.05) is 20.5 Å². The van der Waals surface area contributed by atoms with Gasteiger partial charge in [-0.25, -0.2) is 17.5 Å². The molecule has 1 aromatic rings. The molecule has 0 bridgehead atoms. The molecular weight excluding hydrogens is 342 g/mol. The molecule has 1 saturated carbocycles. The molecule has 0 spiro atoms. The van der Waals surface area contributed by atoms with Gasteiger partial charge in [-0.3, -0.25) is 4.79 Å². The Bertz CT molecular complexity index is 729. The molecule has 0 radical (unpaired) electrons. The van der Waals surface area contributed by atoms with E-state index < -0.39 is 22.1 Å². The van der Waals surface area contributed by atoms with Crippen LogP contribution in [0.3, 0.4) is 0 Å². The third-order valence-electron chi connectivity index (χ3n) is 3.68. The van der Waals surface area contributed by atoms with Crippen molar-refractivity contribution in [2.24, 2.45) is 0 Å². The molecule has 1 aromatic carbocycles. The Morgan fingerprint density at radius 2 is 2.00 bits per heavy atom. The minimum Gasteiger partial charge on any atom is -0.451 e. The summed E-state index contributed by atoms with van der Waals surface area (Å²) in [5.41, 5.74) is -0.0621. The van der Waals surface area contributed by atoms with Crippen molar-refractivity contribution in [2.75, 3.05) is 14.1 Å². The predicted octanol–water partition coefficient (Wildman–Crippen LogP) is 2.26. The molecule has 1 fully saturated rings. The van der Waals surface area contributed by atoms with E-state index in [0.717, 1.165) is 17.1 Å². The molecule has 8 heteroatoms. The largest absolute Gasteiger partial charge is 0.451 e. The molecule has 2 rings (SSSR count). The van der Waals surface area contributed by atoms with Crippen LogP contribution in [-0.4, -0.2) is 44.7 Å². The van der Waals surface area contributed by atoms with Crippen LogP contribution >= 0.6 is 11.6 Å². The molecule has 1 aliphatic carbocycles. The topological polar surface area (TPSA) is 80.8 Å². The number of hydrogen-bond donors (Lipinski definition) is 0. The zero-order valence-electron chi connectivity index (χ0n) is 12.9. The maximum atomic E-state index is 12.3. The zero-order chi connectivity index (χ0) is 17.2. The minimum atomic E-state index is -3.69. The van der Waals surface area contributed by atoms with E-state index >= 15 is 0 Å². The molecule has 0 heterocycles. The second-order valence-electron chi connectivity index (χ2n) is 5.54. The number of nitrogens with zero attached hydrogens (tertiary/aromatic N) is 1. The fourth-order valence-electron chi connectivity index (χ4n) is 2.30. The molecule has 23 heavy (non-hydrogen) atoms. The van der Waals surface area contributed by atoms with Crippen molar-refractivity contribution < 1.29 is 22.7 Å². The number of ketones is 1. The van der Waals surface area contributed by atoms with E-state index in [4.69, 9.17) is 16.3 Å². The summed E-state index contributed by atoms with van der Waals surface area (Å²) in [5.74, 6) is -0.899. The number of halogens is 1. The molecule has 0 amide bonds. The SMILES string of the molecule is CN(C)S(=O)(=O)c1ccc(Cl)c(C(=O)O[C@H]2CCCCC2=O)c1. The molecule has 0 aromatic heterocycles. The average Bonchev–Trinajstić information content (AvgIpc) is 2.49. The third-order valence-corrected chi connectivity index (χ3v) is 5.82. The highest BCUT2D eigenvalue weighted by Gasteiger charge is 2.28. The van der Waals surface area contributed by atoms with E-state index in [1.165, 1.54) is 32.3 Å². The Kier molecular flexibility index (Phi) is 5.44. The summed E-state index contributed by atoms with van der Waals surface area (Å²) in [4.78, 5) is 23.9. The lowest BCUT2D eigenvalue weighted by molar-refractivity contribution is -0.129. The third kappa shape index (κ3) is 3.91. The maximum Gasteiger partial charge on any atom is 0.340 e. The van der Waals surface area contributed by atoms with Gasteiger partial charge in [-0.15, -0.1) is 0 Å². The first-order valence-electron chi connectivity index (χ1n) is 7.19. The number of hydrogen-bond acceptors (Lipinski definition) is 5. The Morgan fingerprint density at radius 1 is 1.30 bits per heavy atom. The number of Topliss-reactive ketones (excluding diaryl/α,β-unsaturated/α-hetero) is 1. The van der Waals surface area contributed by atoms with Gasteiger partial charge in [0.1, 0.15) is 0 Å². The van der Waals surface area contributed by atoms with Crippen LogP contribution in [0.4, 0.5) is 0 Å². The summed E-state index contributed by atoms with van der Waals surface area (Å²) in [6.45, 7) is 0. The van der Waals surface area contributed by atoms with Crippen LogP contribution in [0.2, 0.25) is 5.02 Å². The van der Waals surface area contributed by atoms with Gasteiger partial charge >= 0.3 is 5.97 Å². The highest BCUT2D eigenvalue weighted by Crippen LogP contribution is 2.25. The predicted molar refractivity (Wildman–Crippen MR) is 85.0 cm³/mol. The van der Waals surface area contributed by atoms with Crippen molar-refractivity contribution in [3.8, 4) is 0 Å². The Balaban J connectivity index is 2.28. The summed E-state index contributed by atoms with van der Waals surface area (Å²) in [6, 6.07) is 3.82. The van der Waals surface area contributed by atoms with Crippen LogP contribution < -0.4 is 0 Å². The minimum absolute atomic E-state index is 0.0613. The van der Waals surface area contributed by atoms with Crippen molar-refractivity contribution in [3.05, 3.63) is 28.8 Å². The summed E-state index contributed by atoms with van der Waals surface area (Å²) < 4.78 is 30.5. The van der Waals surface area contributed by atoms with E-state index in [2.05, 4.69) is 0 Å². The smallest absolute Gasteiger partial charge is 0.340 e. The van der Waals surface area contributed by atoms with E-state index in [-0.39, 0.29) is 21.3 Å². The van der Waals surface area contributed by atoms with Crippen LogP contribution in [0.15, 0.2) is 23.1 Å². The Labute approximate surface area is 140 Å². The summed E-state index contributed by atoms with van der Waals surface area (Å²) in [5, 5.41) is 0.0796.